The van der Waals surface area contributed by atoms with Crippen LogP contribution in [0.3, 0.4) is 0 Å². The van der Waals surface area contributed by atoms with Crippen LogP contribution in [0.4, 0.5) is 0 Å². The summed E-state index contributed by atoms with van der Waals surface area (Å²) in [4.78, 5) is 4.36. The first kappa shape index (κ1) is 13.9. The molecule has 0 N–H and O–H groups in total. The molecule has 0 saturated heterocycles. The van der Waals surface area contributed by atoms with E-state index in [0.717, 1.165) is 22.2 Å². The average Bonchev–Trinajstić information content (AvgIpc) is 2.86. The van der Waals surface area contributed by atoms with Gasteiger partial charge in [0.25, 0.3) is 0 Å². The summed E-state index contributed by atoms with van der Waals surface area (Å²) in [5.74, 6) is 0. The maximum absolute atomic E-state index is 6.02. The number of hydrogen-bond donors (Lipinski definition) is 0. The van der Waals surface area contributed by atoms with E-state index in [0.29, 0.717) is 0 Å². The molecule has 0 spiro atoms. The fourth-order valence-electron chi connectivity index (χ4n) is 3.32. The van der Waals surface area contributed by atoms with Gasteiger partial charge in [-0.25, -0.2) is 4.57 Å². The molecule has 0 unspecified atom stereocenters. The third-order valence-corrected chi connectivity index (χ3v) is 4.41. The smallest absolute Gasteiger partial charge is 0.213 e. The van der Waals surface area contributed by atoms with E-state index in [1.165, 1.54) is 27.8 Å². The van der Waals surface area contributed by atoms with E-state index in [1.54, 1.807) is 0 Å². The van der Waals surface area contributed by atoms with Gasteiger partial charge in [-0.2, -0.15) is 0 Å². The molecule has 3 nitrogen and oxygen atoms in total. The third kappa shape index (κ3) is 2.12. The molecule has 0 radical (unpaired) electrons. The topological polar surface area (TPSA) is 29.9 Å². The van der Waals surface area contributed by atoms with Crippen molar-refractivity contribution in [2.75, 3.05) is 0 Å². The molecular formula is C20H19N2O+. The number of aryl methyl sites for hydroxylation is 4. The van der Waals surface area contributed by atoms with Crippen LogP contribution >= 0.6 is 0 Å². The summed E-state index contributed by atoms with van der Waals surface area (Å²) in [6.07, 6.45) is 3.97. The molecule has 0 amide bonds. The fourth-order valence-corrected chi connectivity index (χ4v) is 3.32. The second kappa shape index (κ2) is 4.92. The normalized spacial score (nSPS) is 11.5. The van der Waals surface area contributed by atoms with E-state index in [4.69, 9.17) is 4.42 Å². The molecule has 23 heavy (non-hydrogen) atoms. The summed E-state index contributed by atoms with van der Waals surface area (Å²) in [6.45, 7) is 6.28. The van der Waals surface area contributed by atoms with Gasteiger partial charge in [-0.1, -0.05) is 6.07 Å². The highest BCUT2D eigenvalue weighted by Gasteiger charge is 2.20. The Morgan fingerprint density at radius 2 is 1.83 bits per heavy atom. The van der Waals surface area contributed by atoms with Crippen molar-refractivity contribution >= 4 is 21.9 Å². The SMILES string of the molecule is Cc1ccc(-c2c(C)ccc3oc4cnc(C)cc4c23)[n+](C)c1. The predicted molar refractivity (Wildman–Crippen MR) is 92.3 cm³/mol. The minimum Gasteiger partial charge on any atom is -0.454 e. The van der Waals surface area contributed by atoms with Crippen LogP contribution in [0, 0.1) is 20.8 Å². The second-order valence-electron chi connectivity index (χ2n) is 6.26. The van der Waals surface area contributed by atoms with Gasteiger partial charge in [-0.15, -0.1) is 0 Å². The molecular weight excluding hydrogens is 284 g/mol. The zero-order valence-electron chi connectivity index (χ0n) is 13.8. The lowest BCUT2D eigenvalue weighted by Crippen LogP contribution is -2.31. The van der Waals surface area contributed by atoms with Gasteiger partial charge in [0, 0.05) is 28.1 Å². The molecule has 4 rings (SSSR count). The van der Waals surface area contributed by atoms with Gasteiger partial charge in [-0.05, 0) is 44.5 Å². The summed E-state index contributed by atoms with van der Waals surface area (Å²) < 4.78 is 8.20. The quantitative estimate of drug-likeness (QED) is 0.488. The van der Waals surface area contributed by atoms with Gasteiger partial charge in [0.1, 0.15) is 12.6 Å². The molecule has 4 aromatic rings. The maximum Gasteiger partial charge on any atom is 0.213 e. The molecule has 0 aliphatic carbocycles. The molecule has 1 aromatic carbocycles. The second-order valence-corrected chi connectivity index (χ2v) is 6.26. The van der Waals surface area contributed by atoms with Gasteiger partial charge in [0.2, 0.25) is 5.69 Å². The van der Waals surface area contributed by atoms with Crippen LogP contribution in [-0.4, -0.2) is 4.98 Å². The van der Waals surface area contributed by atoms with Gasteiger partial charge >= 0.3 is 0 Å². The Morgan fingerprint density at radius 1 is 1.00 bits per heavy atom. The standard InChI is InChI=1S/C20H19N2O/c1-12-5-7-16(22(4)11-12)19-13(2)6-8-17-20(19)15-9-14(3)21-10-18(15)23-17/h5-11H,1-4H3/q+1. The van der Waals surface area contributed by atoms with Crippen molar-refractivity contribution < 1.29 is 8.98 Å². The first-order valence-electron chi connectivity index (χ1n) is 7.80. The lowest BCUT2D eigenvalue weighted by molar-refractivity contribution is -0.660. The number of fused-ring (bicyclic) bond motifs is 3. The monoisotopic (exact) mass is 303 g/mol. The summed E-state index contributed by atoms with van der Waals surface area (Å²) in [7, 11) is 2.09. The van der Waals surface area contributed by atoms with Crippen LogP contribution in [0.2, 0.25) is 0 Å². The highest BCUT2D eigenvalue weighted by Crippen LogP contribution is 2.37. The lowest BCUT2D eigenvalue weighted by atomic mass is 9.98. The maximum atomic E-state index is 6.02. The Morgan fingerprint density at radius 3 is 2.61 bits per heavy atom. The third-order valence-electron chi connectivity index (χ3n) is 4.41. The molecule has 3 heteroatoms. The predicted octanol–water partition coefficient (Wildman–Crippen LogP) is 4.40. The molecule has 0 aliphatic rings. The molecule has 0 aliphatic heterocycles. The molecule has 114 valence electrons. The highest BCUT2D eigenvalue weighted by atomic mass is 16.3. The van der Waals surface area contributed by atoms with E-state index in [9.17, 15) is 0 Å². The minimum atomic E-state index is 0.840. The molecule has 0 bridgehead atoms. The van der Waals surface area contributed by atoms with Crippen molar-refractivity contribution in [1.29, 1.82) is 0 Å². The summed E-state index contributed by atoms with van der Waals surface area (Å²) in [5, 5.41) is 2.30. The molecule has 0 fully saturated rings. The molecule has 0 atom stereocenters. The Hall–Kier alpha value is -2.68. The number of rotatable bonds is 1. The van der Waals surface area contributed by atoms with Crippen molar-refractivity contribution in [2.24, 2.45) is 7.05 Å². The Labute approximate surface area is 135 Å². The van der Waals surface area contributed by atoms with E-state index in [-0.39, 0.29) is 0 Å². The zero-order chi connectivity index (χ0) is 16.1. The number of pyridine rings is 2. The fraction of sp³-hybridized carbons (Fsp3) is 0.200. The van der Waals surface area contributed by atoms with E-state index >= 15 is 0 Å². The first-order chi connectivity index (χ1) is 11.0. The molecule has 0 saturated carbocycles. The van der Waals surface area contributed by atoms with E-state index in [2.05, 4.69) is 67.0 Å². The minimum absolute atomic E-state index is 0.840. The summed E-state index contributed by atoms with van der Waals surface area (Å²) >= 11 is 0. The van der Waals surface area contributed by atoms with Gasteiger partial charge in [-0.3, -0.25) is 4.98 Å². The van der Waals surface area contributed by atoms with Crippen molar-refractivity contribution in [1.82, 2.24) is 4.98 Å². The number of hydrogen-bond acceptors (Lipinski definition) is 2. The van der Waals surface area contributed by atoms with Gasteiger partial charge in [0.05, 0.1) is 11.8 Å². The van der Waals surface area contributed by atoms with Crippen molar-refractivity contribution in [2.45, 2.75) is 20.8 Å². The Balaban J connectivity index is 2.18. The van der Waals surface area contributed by atoms with Crippen LogP contribution in [0.15, 0.2) is 47.1 Å². The van der Waals surface area contributed by atoms with Crippen LogP contribution in [0.25, 0.3) is 33.2 Å². The largest absolute Gasteiger partial charge is 0.454 e. The summed E-state index contributed by atoms with van der Waals surface area (Å²) in [5.41, 5.74) is 7.67. The molecule has 3 aromatic heterocycles. The lowest BCUT2D eigenvalue weighted by Gasteiger charge is -2.07. The Bertz CT molecular complexity index is 1060. The van der Waals surface area contributed by atoms with Crippen LogP contribution in [-0.2, 0) is 7.05 Å². The van der Waals surface area contributed by atoms with Crippen molar-refractivity contribution in [3.63, 3.8) is 0 Å². The van der Waals surface area contributed by atoms with Crippen LogP contribution < -0.4 is 4.57 Å². The first-order valence-corrected chi connectivity index (χ1v) is 7.80. The van der Waals surface area contributed by atoms with Gasteiger partial charge in [0.15, 0.2) is 11.8 Å². The average molecular weight is 303 g/mol. The van der Waals surface area contributed by atoms with Crippen molar-refractivity contribution in [3.8, 4) is 11.3 Å². The highest BCUT2D eigenvalue weighted by molar-refractivity contribution is 6.12. The Kier molecular flexibility index (Phi) is 2.98. The van der Waals surface area contributed by atoms with Crippen LogP contribution in [0.1, 0.15) is 16.8 Å². The van der Waals surface area contributed by atoms with E-state index < -0.39 is 0 Å². The summed E-state index contributed by atoms with van der Waals surface area (Å²) in [6, 6.07) is 10.6. The number of benzene rings is 1. The number of nitrogens with zero attached hydrogens (tertiary/aromatic N) is 2. The van der Waals surface area contributed by atoms with Crippen molar-refractivity contribution in [3.05, 3.63) is 59.5 Å². The van der Waals surface area contributed by atoms with Crippen LogP contribution in [0.5, 0.6) is 0 Å². The number of aromatic nitrogens is 2. The number of furan rings is 1. The molecule has 3 heterocycles. The zero-order valence-corrected chi connectivity index (χ0v) is 13.8. The van der Waals surface area contributed by atoms with E-state index in [1.807, 2.05) is 13.1 Å². The van der Waals surface area contributed by atoms with Gasteiger partial charge < -0.3 is 4.42 Å².